The summed E-state index contributed by atoms with van der Waals surface area (Å²) in [6.45, 7) is 0. The maximum Gasteiger partial charge on any atom is 0.316 e. The van der Waals surface area contributed by atoms with Gasteiger partial charge in [-0.1, -0.05) is 0 Å². The third kappa shape index (κ3) is 2.26. The van der Waals surface area contributed by atoms with Crippen molar-refractivity contribution >= 4 is 17.4 Å². The van der Waals surface area contributed by atoms with Gasteiger partial charge in [-0.2, -0.15) is 0 Å². The van der Waals surface area contributed by atoms with Gasteiger partial charge in [-0.05, 0) is 12.1 Å². The lowest BCUT2D eigenvalue weighted by molar-refractivity contribution is 0.259. The monoisotopic (exact) mass is 181 g/mol. The Morgan fingerprint density at radius 2 is 2.23 bits per heavy atom. The fourth-order valence-electron chi connectivity index (χ4n) is 0.926. The number of phenolic OH excluding ortho intramolecular Hbond substituents is 1. The van der Waals surface area contributed by atoms with Gasteiger partial charge in [0.1, 0.15) is 5.75 Å². The predicted molar refractivity (Wildman–Crippen MR) is 50.9 cm³/mol. The first-order chi connectivity index (χ1) is 6.13. The molecule has 70 valence electrons. The topological polar surface area (TPSA) is 87.4 Å². The molecule has 0 saturated heterocycles. The summed E-state index contributed by atoms with van der Waals surface area (Å²) in [5.74, 6) is -0.0225. The number of carbonyl (C=O) groups excluding carboxylic acids is 1. The van der Waals surface area contributed by atoms with E-state index >= 15 is 0 Å². The summed E-state index contributed by atoms with van der Waals surface area (Å²) in [6.07, 6.45) is 0. The van der Waals surface area contributed by atoms with Gasteiger partial charge in [0.25, 0.3) is 0 Å². The van der Waals surface area contributed by atoms with Gasteiger partial charge in [0, 0.05) is 18.8 Å². The molecule has 0 atom stereocenters. The summed E-state index contributed by atoms with van der Waals surface area (Å²) in [5, 5.41) is 14.5. The largest absolute Gasteiger partial charge is 0.506 e. The van der Waals surface area contributed by atoms with Crippen LogP contribution in [0.2, 0.25) is 0 Å². The van der Waals surface area contributed by atoms with Crippen LogP contribution in [0.3, 0.4) is 0 Å². The van der Waals surface area contributed by atoms with Gasteiger partial charge in [-0.25, -0.2) is 4.79 Å². The number of rotatable bonds is 2. The van der Waals surface area contributed by atoms with E-state index in [9.17, 15) is 9.90 Å². The second-order valence-electron chi connectivity index (χ2n) is 2.47. The highest BCUT2D eigenvalue weighted by Gasteiger charge is 2.02. The third-order valence-corrected chi connectivity index (χ3v) is 1.54. The second-order valence-corrected chi connectivity index (χ2v) is 2.47. The van der Waals surface area contributed by atoms with Crippen LogP contribution in [-0.4, -0.2) is 18.2 Å². The van der Waals surface area contributed by atoms with E-state index in [2.05, 4.69) is 10.6 Å². The predicted octanol–water partition coefficient (Wildman–Crippen LogP) is 0.924. The lowest BCUT2D eigenvalue weighted by Crippen LogP contribution is -2.19. The minimum atomic E-state index is -0.701. The van der Waals surface area contributed by atoms with Crippen LogP contribution in [0.25, 0.3) is 0 Å². The van der Waals surface area contributed by atoms with E-state index in [1.165, 1.54) is 6.07 Å². The molecule has 0 heterocycles. The van der Waals surface area contributed by atoms with Gasteiger partial charge in [0.2, 0.25) is 0 Å². The first-order valence-electron chi connectivity index (χ1n) is 3.70. The zero-order chi connectivity index (χ0) is 9.84. The minimum absolute atomic E-state index is 0.0225. The highest BCUT2D eigenvalue weighted by Crippen LogP contribution is 2.26. The van der Waals surface area contributed by atoms with Gasteiger partial charge in [-0.3, -0.25) is 0 Å². The smallest absolute Gasteiger partial charge is 0.316 e. The number of anilines is 2. The summed E-state index contributed by atoms with van der Waals surface area (Å²) < 4.78 is 0. The van der Waals surface area contributed by atoms with Gasteiger partial charge in [0.05, 0.1) is 5.69 Å². The maximum absolute atomic E-state index is 10.5. The van der Waals surface area contributed by atoms with Crippen molar-refractivity contribution in [3.8, 4) is 5.75 Å². The molecule has 0 radical (unpaired) electrons. The Bertz CT molecular complexity index is 325. The Morgan fingerprint density at radius 1 is 1.54 bits per heavy atom. The Hall–Kier alpha value is -1.91. The van der Waals surface area contributed by atoms with Crippen LogP contribution in [0.4, 0.5) is 16.2 Å². The van der Waals surface area contributed by atoms with Crippen LogP contribution in [0.1, 0.15) is 0 Å². The number of phenols is 1. The summed E-state index contributed by atoms with van der Waals surface area (Å²) in [7, 11) is 1.73. The molecular weight excluding hydrogens is 170 g/mol. The summed E-state index contributed by atoms with van der Waals surface area (Å²) in [6, 6.07) is 4.06. The number of aromatic hydroxyl groups is 1. The van der Waals surface area contributed by atoms with Crippen LogP contribution in [-0.2, 0) is 0 Å². The van der Waals surface area contributed by atoms with Crippen LogP contribution in [0.15, 0.2) is 18.2 Å². The van der Waals surface area contributed by atoms with Crippen molar-refractivity contribution in [3.63, 3.8) is 0 Å². The number of nitrogens with two attached hydrogens (primary N) is 1. The molecule has 2 amide bonds. The molecule has 13 heavy (non-hydrogen) atoms. The number of hydrogen-bond donors (Lipinski definition) is 4. The van der Waals surface area contributed by atoms with Crippen LogP contribution < -0.4 is 16.4 Å². The van der Waals surface area contributed by atoms with Crippen molar-refractivity contribution < 1.29 is 9.90 Å². The molecule has 0 spiro atoms. The Morgan fingerprint density at radius 3 is 2.69 bits per heavy atom. The average Bonchev–Trinajstić information content (AvgIpc) is 2.08. The fourth-order valence-corrected chi connectivity index (χ4v) is 0.926. The van der Waals surface area contributed by atoms with Gasteiger partial charge < -0.3 is 21.5 Å². The molecule has 0 bridgehead atoms. The van der Waals surface area contributed by atoms with E-state index < -0.39 is 6.03 Å². The maximum atomic E-state index is 10.5. The number of hydrogen-bond acceptors (Lipinski definition) is 3. The van der Waals surface area contributed by atoms with Gasteiger partial charge in [0.15, 0.2) is 0 Å². The van der Waals surface area contributed by atoms with Crippen molar-refractivity contribution in [1.82, 2.24) is 0 Å². The summed E-state index contributed by atoms with van der Waals surface area (Å²) >= 11 is 0. The van der Waals surface area contributed by atoms with Crippen molar-refractivity contribution in [1.29, 1.82) is 0 Å². The van der Waals surface area contributed by atoms with Crippen LogP contribution in [0.5, 0.6) is 5.75 Å². The van der Waals surface area contributed by atoms with E-state index in [0.29, 0.717) is 5.69 Å². The normalized spacial score (nSPS) is 9.31. The lowest BCUT2D eigenvalue weighted by Gasteiger charge is -2.06. The quantitative estimate of drug-likeness (QED) is 0.512. The highest BCUT2D eigenvalue weighted by atomic mass is 16.3. The van der Waals surface area contributed by atoms with E-state index in [1.807, 2.05) is 0 Å². The number of nitrogens with one attached hydrogen (secondary N) is 2. The van der Waals surface area contributed by atoms with Crippen molar-refractivity contribution in [3.05, 3.63) is 18.2 Å². The zero-order valence-corrected chi connectivity index (χ0v) is 7.16. The Labute approximate surface area is 75.6 Å². The SMILES string of the molecule is CNc1ccc(NC(N)=O)c(O)c1. The molecule has 0 saturated carbocycles. The zero-order valence-electron chi connectivity index (χ0n) is 7.16. The molecule has 1 rings (SSSR count). The molecule has 0 fully saturated rings. The standard InChI is InChI=1S/C8H11N3O2/c1-10-5-2-3-6(7(12)4-5)11-8(9)13/h2-4,10,12H,1H3,(H3,9,11,13). The average molecular weight is 181 g/mol. The number of carbonyl (C=O) groups is 1. The van der Waals surface area contributed by atoms with Crippen molar-refractivity contribution in [2.24, 2.45) is 5.73 Å². The molecule has 0 aliphatic carbocycles. The van der Waals surface area contributed by atoms with E-state index in [0.717, 1.165) is 5.69 Å². The number of amides is 2. The third-order valence-electron chi connectivity index (χ3n) is 1.54. The van der Waals surface area contributed by atoms with E-state index in [1.54, 1.807) is 19.2 Å². The fraction of sp³-hybridized carbons (Fsp3) is 0.125. The first-order valence-corrected chi connectivity index (χ1v) is 3.70. The minimum Gasteiger partial charge on any atom is -0.506 e. The van der Waals surface area contributed by atoms with Crippen LogP contribution in [0, 0.1) is 0 Å². The molecule has 1 aromatic rings. The molecule has 5 nitrogen and oxygen atoms in total. The molecule has 5 heteroatoms. The number of benzene rings is 1. The molecule has 0 aromatic heterocycles. The van der Waals surface area contributed by atoms with Crippen molar-refractivity contribution in [2.45, 2.75) is 0 Å². The van der Waals surface area contributed by atoms with Gasteiger partial charge in [-0.15, -0.1) is 0 Å². The Balaban J connectivity index is 2.91. The molecule has 1 aromatic carbocycles. The molecule has 0 aliphatic rings. The molecule has 5 N–H and O–H groups in total. The summed E-state index contributed by atoms with van der Waals surface area (Å²) in [5.41, 5.74) is 5.94. The highest BCUT2D eigenvalue weighted by molar-refractivity contribution is 5.89. The second kappa shape index (κ2) is 3.66. The number of primary amides is 1. The van der Waals surface area contributed by atoms with Crippen LogP contribution >= 0.6 is 0 Å². The van der Waals surface area contributed by atoms with E-state index in [4.69, 9.17) is 5.73 Å². The molecular formula is C8H11N3O2. The molecule has 0 aliphatic heterocycles. The van der Waals surface area contributed by atoms with E-state index in [-0.39, 0.29) is 5.75 Å². The van der Waals surface area contributed by atoms with Crippen molar-refractivity contribution in [2.75, 3.05) is 17.7 Å². The Kier molecular flexibility index (Phi) is 2.59. The number of urea groups is 1. The summed E-state index contributed by atoms with van der Waals surface area (Å²) in [4.78, 5) is 10.5. The first kappa shape index (κ1) is 9.18. The lowest BCUT2D eigenvalue weighted by atomic mass is 10.2. The van der Waals surface area contributed by atoms with Gasteiger partial charge >= 0.3 is 6.03 Å². The molecule has 0 unspecified atom stereocenters.